The minimum Gasteiger partial charge on any atom is -0.384 e. The topological polar surface area (TPSA) is 33.1 Å². The number of pyridine rings is 1. The average molecular weight is 294 g/mol. The Bertz CT molecular complexity index is 542. The van der Waals surface area contributed by atoms with Crippen LogP contribution in [0.15, 0.2) is 29.0 Å². The molecular weight excluding hydrogens is 287 g/mol. The molecule has 1 N–H and O–H groups in total. The number of aromatic nitrogens is 1. The van der Waals surface area contributed by atoms with Gasteiger partial charge in [0.25, 0.3) is 0 Å². The highest BCUT2D eigenvalue weighted by molar-refractivity contribution is 7.07. The highest BCUT2D eigenvalue weighted by atomic mass is 35.5. The van der Waals surface area contributed by atoms with Crippen LogP contribution in [0.2, 0.25) is 5.15 Å². The zero-order valence-electron chi connectivity index (χ0n) is 8.78. The number of halogens is 4. The monoisotopic (exact) mass is 293 g/mol. The van der Waals surface area contributed by atoms with E-state index in [-0.39, 0.29) is 10.7 Å². The number of hydrogen-bond acceptors (Lipinski definition) is 3. The van der Waals surface area contributed by atoms with Crippen molar-refractivity contribution in [2.75, 3.05) is 0 Å². The van der Waals surface area contributed by atoms with Gasteiger partial charge in [0.2, 0.25) is 0 Å². The van der Waals surface area contributed by atoms with Crippen LogP contribution in [0.25, 0.3) is 0 Å². The Kier molecular flexibility index (Phi) is 3.61. The summed E-state index contributed by atoms with van der Waals surface area (Å²) in [5, 5.41) is 13.1. The number of alkyl halides is 3. The molecule has 1 atom stereocenters. The number of nitrogens with zero attached hydrogens (tertiary/aromatic N) is 1. The largest absolute Gasteiger partial charge is 0.433 e. The lowest BCUT2D eigenvalue weighted by Crippen LogP contribution is -2.10. The van der Waals surface area contributed by atoms with Crippen LogP contribution in [0.3, 0.4) is 0 Å². The maximum atomic E-state index is 12.4. The first-order valence-corrected chi connectivity index (χ1v) is 6.15. The minimum absolute atomic E-state index is 0.156. The van der Waals surface area contributed by atoms with Crippen LogP contribution in [0.1, 0.15) is 22.9 Å². The third-order valence-corrected chi connectivity index (χ3v) is 3.33. The van der Waals surface area contributed by atoms with Gasteiger partial charge < -0.3 is 5.11 Å². The van der Waals surface area contributed by atoms with Gasteiger partial charge in [-0.05, 0) is 28.5 Å². The highest BCUT2D eigenvalue weighted by Crippen LogP contribution is 2.33. The van der Waals surface area contributed by atoms with Crippen molar-refractivity contribution in [3.63, 3.8) is 0 Å². The van der Waals surface area contributed by atoms with E-state index in [9.17, 15) is 18.3 Å². The van der Waals surface area contributed by atoms with Crippen molar-refractivity contribution in [3.8, 4) is 0 Å². The van der Waals surface area contributed by atoms with Gasteiger partial charge in [0.15, 0.2) is 0 Å². The molecule has 0 radical (unpaired) electrons. The van der Waals surface area contributed by atoms with Crippen molar-refractivity contribution in [1.29, 1.82) is 0 Å². The molecule has 7 heteroatoms. The van der Waals surface area contributed by atoms with Crippen LogP contribution in [-0.2, 0) is 6.18 Å². The predicted molar refractivity (Wildman–Crippen MR) is 62.6 cm³/mol. The quantitative estimate of drug-likeness (QED) is 0.852. The van der Waals surface area contributed by atoms with Crippen LogP contribution in [0.4, 0.5) is 13.2 Å². The highest BCUT2D eigenvalue weighted by Gasteiger charge is 2.33. The molecular formula is C11H7ClF3NOS. The molecule has 1 unspecified atom stereocenters. The van der Waals surface area contributed by atoms with Gasteiger partial charge in [0.05, 0.1) is 0 Å². The van der Waals surface area contributed by atoms with Crippen LogP contribution in [0, 0.1) is 0 Å². The van der Waals surface area contributed by atoms with E-state index in [2.05, 4.69) is 4.98 Å². The fourth-order valence-electron chi connectivity index (χ4n) is 1.42. The number of thiophene rings is 1. The van der Waals surface area contributed by atoms with Gasteiger partial charge in [-0.1, -0.05) is 17.7 Å². The van der Waals surface area contributed by atoms with E-state index in [4.69, 9.17) is 11.6 Å². The van der Waals surface area contributed by atoms with E-state index in [1.165, 1.54) is 11.3 Å². The molecule has 0 aliphatic heterocycles. The second-order valence-electron chi connectivity index (χ2n) is 3.53. The third-order valence-electron chi connectivity index (χ3n) is 2.32. The van der Waals surface area contributed by atoms with Crippen molar-refractivity contribution in [2.45, 2.75) is 12.3 Å². The molecule has 0 aromatic carbocycles. The molecule has 0 aliphatic rings. The summed E-state index contributed by atoms with van der Waals surface area (Å²) in [6, 6.07) is 3.61. The third kappa shape index (κ3) is 2.66. The maximum Gasteiger partial charge on any atom is 0.433 e. The van der Waals surface area contributed by atoms with Crippen LogP contribution in [-0.4, -0.2) is 10.1 Å². The molecule has 0 saturated heterocycles. The minimum atomic E-state index is -4.55. The van der Waals surface area contributed by atoms with E-state index >= 15 is 0 Å². The maximum absolute atomic E-state index is 12.4. The van der Waals surface area contributed by atoms with E-state index in [1.54, 1.807) is 16.8 Å². The first-order chi connectivity index (χ1) is 8.39. The second-order valence-corrected chi connectivity index (χ2v) is 4.67. The van der Waals surface area contributed by atoms with Gasteiger partial charge in [-0.25, -0.2) is 4.98 Å². The normalized spacial score (nSPS) is 13.6. The summed E-state index contributed by atoms with van der Waals surface area (Å²) in [4.78, 5) is 3.26. The van der Waals surface area contributed by atoms with E-state index in [0.717, 1.165) is 12.1 Å². The van der Waals surface area contributed by atoms with E-state index < -0.39 is 18.0 Å². The van der Waals surface area contributed by atoms with Gasteiger partial charge in [-0.3, -0.25) is 0 Å². The smallest absolute Gasteiger partial charge is 0.384 e. The molecule has 2 nitrogen and oxygen atoms in total. The molecule has 0 aliphatic carbocycles. The van der Waals surface area contributed by atoms with Gasteiger partial charge >= 0.3 is 6.18 Å². The number of hydrogen-bond donors (Lipinski definition) is 1. The standard InChI is InChI=1S/C11H7ClF3NOS/c12-10-7(9(17)6-3-4-18-5-6)1-2-8(16-10)11(13,14)15/h1-5,9,17H. The van der Waals surface area contributed by atoms with E-state index in [1.807, 2.05) is 0 Å². The Balaban J connectivity index is 2.36. The van der Waals surface area contributed by atoms with Crippen molar-refractivity contribution in [3.05, 3.63) is 50.9 Å². The lowest BCUT2D eigenvalue weighted by atomic mass is 10.1. The van der Waals surface area contributed by atoms with Crippen molar-refractivity contribution in [2.24, 2.45) is 0 Å². The summed E-state index contributed by atoms with van der Waals surface area (Å²) in [6.45, 7) is 0. The molecule has 0 bridgehead atoms. The lowest BCUT2D eigenvalue weighted by Gasteiger charge is -2.13. The zero-order chi connectivity index (χ0) is 13.3. The predicted octanol–water partition coefficient (Wildman–Crippen LogP) is 3.90. The summed E-state index contributed by atoms with van der Waals surface area (Å²) in [6.07, 6.45) is -5.62. The number of rotatable bonds is 2. The molecule has 0 saturated carbocycles. The van der Waals surface area contributed by atoms with Crippen molar-refractivity contribution < 1.29 is 18.3 Å². The molecule has 96 valence electrons. The molecule has 0 spiro atoms. The average Bonchev–Trinajstić information content (AvgIpc) is 2.80. The molecule has 2 aromatic heterocycles. The van der Waals surface area contributed by atoms with Gasteiger partial charge in [0.1, 0.15) is 17.0 Å². The molecule has 0 amide bonds. The molecule has 2 heterocycles. The SMILES string of the molecule is OC(c1ccsc1)c1ccc(C(F)(F)F)nc1Cl. The molecule has 2 rings (SSSR count). The first kappa shape index (κ1) is 13.3. The van der Waals surface area contributed by atoms with Crippen molar-refractivity contribution in [1.82, 2.24) is 4.98 Å². The Morgan fingerprint density at radius 2 is 2.00 bits per heavy atom. The Morgan fingerprint density at radius 1 is 1.28 bits per heavy atom. The summed E-state index contributed by atoms with van der Waals surface area (Å²) in [5.74, 6) is 0. The van der Waals surface area contributed by atoms with Gasteiger partial charge in [0, 0.05) is 5.56 Å². The summed E-state index contributed by atoms with van der Waals surface area (Å²) < 4.78 is 37.2. The number of aliphatic hydroxyl groups excluding tert-OH is 1. The zero-order valence-corrected chi connectivity index (χ0v) is 10.4. The number of aliphatic hydroxyl groups is 1. The van der Waals surface area contributed by atoms with Gasteiger partial charge in [-0.15, -0.1) is 0 Å². The van der Waals surface area contributed by atoms with Crippen LogP contribution < -0.4 is 0 Å². The van der Waals surface area contributed by atoms with Crippen molar-refractivity contribution >= 4 is 22.9 Å². The fourth-order valence-corrected chi connectivity index (χ4v) is 2.35. The lowest BCUT2D eigenvalue weighted by molar-refractivity contribution is -0.141. The van der Waals surface area contributed by atoms with E-state index in [0.29, 0.717) is 5.56 Å². The van der Waals surface area contributed by atoms with Crippen LogP contribution in [0.5, 0.6) is 0 Å². The molecule has 18 heavy (non-hydrogen) atoms. The molecule has 2 aromatic rings. The second kappa shape index (κ2) is 4.87. The Hall–Kier alpha value is -1.11. The summed E-state index contributed by atoms with van der Waals surface area (Å²) in [7, 11) is 0. The molecule has 0 fully saturated rings. The Morgan fingerprint density at radius 3 is 2.50 bits per heavy atom. The van der Waals surface area contributed by atoms with Crippen LogP contribution >= 0.6 is 22.9 Å². The summed E-state index contributed by atoms with van der Waals surface area (Å²) >= 11 is 7.05. The first-order valence-electron chi connectivity index (χ1n) is 4.83. The summed E-state index contributed by atoms with van der Waals surface area (Å²) in [5.41, 5.74) is -0.347. The fraction of sp³-hybridized carbons (Fsp3) is 0.182. The Labute approximate surface area is 110 Å². The van der Waals surface area contributed by atoms with Gasteiger partial charge in [-0.2, -0.15) is 24.5 Å².